The number of ketones is 1. The number of Topliss-reactive ketones (excluding diaryl/α,β-unsaturated/α-hetero) is 1. The second kappa shape index (κ2) is 5.61. The van der Waals surface area contributed by atoms with E-state index in [0.717, 1.165) is 18.2 Å². The van der Waals surface area contributed by atoms with Crippen LogP contribution in [0.15, 0.2) is 47.4 Å². The molecule has 4 nitrogen and oxygen atoms in total. The molecule has 0 saturated carbocycles. The highest BCUT2D eigenvalue weighted by Crippen LogP contribution is 2.22. The van der Waals surface area contributed by atoms with E-state index in [1.807, 2.05) is 0 Å². The number of sulfonamides is 1. The number of hydrogen-bond donors (Lipinski definition) is 1. The third-order valence-electron chi connectivity index (χ3n) is 2.73. The van der Waals surface area contributed by atoms with Gasteiger partial charge < -0.3 is 0 Å². The summed E-state index contributed by atoms with van der Waals surface area (Å²) in [4.78, 5) is 10.1. The van der Waals surface area contributed by atoms with E-state index in [-0.39, 0.29) is 11.5 Å². The van der Waals surface area contributed by atoms with Crippen LogP contribution < -0.4 is 4.72 Å². The molecule has 0 unspecified atom stereocenters. The van der Waals surface area contributed by atoms with Crippen molar-refractivity contribution in [2.45, 2.75) is 11.8 Å². The zero-order valence-corrected chi connectivity index (χ0v) is 11.7. The summed E-state index contributed by atoms with van der Waals surface area (Å²) < 4.78 is 53.1. The average Bonchev–Trinajstić information content (AvgIpc) is 2.38. The SMILES string of the molecule is CC(=O)c1ccc(NS(=O)(=O)c2c(F)cccc2F)cc1. The normalized spacial score (nSPS) is 11.2. The first-order valence-corrected chi connectivity index (χ1v) is 7.37. The zero-order chi connectivity index (χ0) is 15.6. The molecule has 0 aliphatic rings. The molecular weight excluding hydrogens is 300 g/mol. The van der Waals surface area contributed by atoms with Crippen LogP contribution in [-0.4, -0.2) is 14.2 Å². The lowest BCUT2D eigenvalue weighted by atomic mass is 10.1. The maximum absolute atomic E-state index is 13.5. The van der Waals surface area contributed by atoms with Crippen molar-refractivity contribution >= 4 is 21.5 Å². The fraction of sp³-hybridized carbons (Fsp3) is 0.0714. The topological polar surface area (TPSA) is 63.2 Å². The maximum Gasteiger partial charge on any atom is 0.267 e. The summed E-state index contributed by atoms with van der Waals surface area (Å²) in [5.74, 6) is -2.53. The van der Waals surface area contributed by atoms with Crippen molar-refractivity contribution in [1.82, 2.24) is 0 Å². The Morgan fingerprint density at radius 1 is 1.00 bits per heavy atom. The lowest BCUT2D eigenvalue weighted by molar-refractivity contribution is 0.101. The van der Waals surface area contributed by atoms with Crippen LogP contribution in [0.5, 0.6) is 0 Å². The van der Waals surface area contributed by atoms with Gasteiger partial charge in [0.15, 0.2) is 10.7 Å². The Morgan fingerprint density at radius 2 is 1.52 bits per heavy atom. The predicted octanol–water partition coefficient (Wildman–Crippen LogP) is 2.97. The molecule has 0 aliphatic heterocycles. The minimum Gasteiger partial charge on any atom is -0.295 e. The van der Waals surface area contributed by atoms with Gasteiger partial charge in [-0.15, -0.1) is 0 Å². The van der Waals surface area contributed by atoms with Gasteiger partial charge in [0.05, 0.1) is 0 Å². The molecule has 0 aliphatic carbocycles. The highest BCUT2D eigenvalue weighted by molar-refractivity contribution is 7.92. The van der Waals surface area contributed by atoms with Crippen LogP contribution in [-0.2, 0) is 10.0 Å². The minimum absolute atomic E-state index is 0.0997. The Hall–Kier alpha value is -2.28. The van der Waals surface area contributed by atoms with Crippen LogP contribution in [0.2, 0.25) is 0 Å². The van der Waals surface area contributed by atoms with Crippen molar-refractivity contribution in [2.24, 2.45) is 0 Å². The third-order valence-corrected chi connectivity index (χ3v) is 4.16. The number of anilines is 1. The Bertz CT molecular complexity index is 766. The first-order valence-electron chi connectivity index (χ1n) is 5.89. The van der Waals surface area contributed by atoms with Crippen molar-refractivity contribution < 1.29 is 22.0 Å². The van der Waals surface area contributed by atoms with Gasteiger partial charge in [0, 0.05) is 11.3 Å². The molecule has 0 spiro atoms. The minimum atomic E-state index is -4.39. The van der Waals surface area contributed by atoms with Crippen molar-refractivity contribution in [2.75, 3.05) is 4.72 Å². The molecule has 21 heavy (non-hydrogen) atoms. The molecule has 0 radical (unpaired) electrons. The van der Waals surface area contributed by atoms with Gasteiger partial charge in [0.1, 0.15) is 11.6 Å². The zero-order valence-electron chi connectivity index (χ0n) is 10.9. The van der Waals surface area contributed by atoms with Crippen LogP contribution >= 0.6 is 0 Å². The van der Waals surface area contributed by atoms with E-state index >= 15 is 0 Å². The van der Waals surface area contributed by atoms with Gasteiger partial charge in [-0.3, -0.25) is 9.52 Å². The van der Waals surface area contributed by atoms with Gasteiger partial charge in [0.2, 0.25) is 0 Å². The van der Waals surface area contributed by atoms with Crippen molar-refractivity contribution in [1.29, 1.82) is 0 Å². The number of carbonyl (C=O) groups is 1. The molecule has 2 aromatic rings. The van der Waals surface area contributed by atoms with Gasteiger partial charge in [-0.25, -0.2) is 17.2 Å². The van der Waals surface area contributed by atoms with E-state index in [2.05, 4.69) is 4.72 Å². The Kier molecular flexibility index (Phi) is 4.04. The molecule has 0 atom stereocenters. The van der Waals surface area contributed by atoms with Crippen LogP contribution in [0.4, 0.5) is 14.5 Å². The van der Waals surface area contributed by atoms with Gasteiger partial charge in [0.25, 0.3) is 10.0 Å². The number of rotatable bonds is 4. The summed E-state index contributed by atoms with van der Waals surface area (Å²) in [6.07, 6.45) is 0. The van der Waals surface area contributed by atoms with Crippen LogP contribution in [0.1, 0.15) is 17.3 Å². The molecule has 0 amide bonds. The highest BCUT2D eigenvalue weighted by atomic mass is 32.2. The van der Waals surface area contributed by atoms with E-state index in [4.69, 9.17) is 0 Å². The van der Waals surface area contributed by atoms with Crippen molar-refractivity contribution in [3.63, 3.8) is 0 Å². The van der Waals surface area contributed by atoms with Crippen LogP contribution in [0.25, 0.3) is 0 Å². The molecule has 0 saturated heterocycles. The van der Waals surface area contributed by atoms with Gasteiger partial charge in [-0.1, -0.05) is 6.07 Å². The summed E-state index contributed by atoms with van der Waals surface area (Å²) in [5.41, 5.74) is 0.498. The summed E-state index contributed by atoms with van der Waals surface area (Å²) in [6.45, 7) is 1.37. The summed E-state index contributed by atoms with van der Waals surface area (Å²) >= 11 is 0. The number of carbonyl (C=O) groups excluding carboxylic acids is 1. The van der Waals surface area contributed by atoms with Crippen LogP contribution in [0.3, 0.4) is 0 Å². The highest BCUT2D eigenvalue weighted by Gasteiger charge is 2.23. The predicted molar refractivity (Wildman–Crippen MR) is 73.6 cm³/mol. The molecule has 0 aromatic heterocycles. The smallest absolute Gasteiger partial charge is 0.267 e. The van der Waals surface area contributed by atoms with Crippen LogP contribution in [0, 0.1) is 11.6 Å². The number of benzene rings is 2. The molecule has 1 N–H and O–H groups in total. The molecule has 0 bridgehead atoms. The second-order valence-corrected chi connectivity index (χ2v) is 5.91. The van der Waals surface area contributed by atoms with Gasteiger partial charge in [-0.2, -0.15) is 0 Å². The lowest BCUT2D eigenvalue weighted by Gasteiger charge is -2.09. The first kappa shape index (κ1) is 15.1. The quantitative estimate of drug-likeness (QED) is 0.883. The fourth-order valence-corrected chi connectivity index (χ4v) is 2.92. The van der Waals surface area contributed by atoms with E-state index < -0.39 is 26.6 Å². The van der Waals surface area contributed by atoms with Crippen molar-refractivity contribution in [3.8, 4) is 0 Å². The van der Waals surface area contributed by atoms with E-state index in [9.17, 15) is 22.0 Å². The average molecular weight is 311 g/mol. The summed E-state index contributed by atoms with van der Waals surface area (Å²) in [6, 6.07) is 8.30. The van der Waals surface area contributed by atoms with Crippen molar-refractivity contribution in [3.05, 3.63) is 59.7 Å². The maximum atomic E-state index is 13.5. The Balaban J connectivity index is 2.35. The Labute approximate surface area is 120 Å². The molecule has 0 heterocycles. The van der Waals surface area contributed by atoms with Gasteiger partial charge >= 0.3 is 0 Å². The Morgan fingerprint density at radius 3 is 2.00 bits per heavy atom. The molecule has 0 fully saturated rings. The standard InChI is InChI=1S/C14H11F2NO3S/c1-9(18)10-5-7-11(8-6-10)17-21(19,20)14-12(15)3-2-4-13(14)16/h2-8,17H,1H3. The van der Waals surface area contributed by atoms with Gasteiger partial charge in [-0.05, 0) is 43.3 Å². The molecule has 110 valence electrons. The molecular formula is C14H11F2NO3S. The van der Waals surface area contributed by atoms with E-state index in [1.165, 1.54) is 31.2 Å². The monoisotopic (exact) mass is 311 g/mol. The fourth-order valence-electron chi connectivity index (χ4n) is 1.72. The lowest BCUT2D eigenvalue weighted by Crippen LogP contribution is -2.16. The summed E-state index contributed by atoms with van der Waals surface area (Å²) in [7, 11) is -4.39. The number of halogens is 2. The summed E-state index contributed by atoms with van der Waals surface area (Å²) in [5, 5.41) is 0. The largest absolute Gasteiger partial charge is 0.295 e. The molecule has 2 rings (SSSR count). The van der Waals surface area contributed by atoms with E-state index in [0.29, 0.717) is 5.56 Å². The molecule has 2 aromatic carbocycles. The second-order valence-electron chi connectivity index (χ2n) is 4.29. The number of hydrogen-bond acceptors (Lipinski definition) is 3. The van der Waals surface area contributed by atoms with E-state index in [1.54, 1.807) is 0 Å². The molecule has 7 heteroatoms. The first-order chi connectivity index (χ1) is 9.81. The third kappa shape index (κ3) is 3.25. The number of nitrogens with one attached hydrogen (secondary N) is 1.